The van der Waals surface area contributed by atoms with Gasteiger partial charge in [-0.1, -0.05) is 5.16 Å². The van der Waals surface area contributed by atoms with Gasteiger partial charge in [-0.05, 0) is 46.1 Å². The Hall–Kier alpha value is -1.36. The van der Waals surface area contributed by atoms with E-state index < -0.39 is 0 Å². The van der Waals surface area contributed by atoms with Gasteiger partial charge >= 0.3 is 0 Å². The van der Waals surface area contributed by atoms with Gasteiger partial charge in [-0.25, -0.2) is 0 Å². The van der Waals surface area contributed by atoms with Gasteiger partial charge in [0.1, 0.15) is 5.76 Å². The van der Waals surface area contributed by atoms with Crippen LogP contribution in [0.5, 0.6) is 0 Å². The summed E-state index contributed by atoms with van der Waals surface area (Å²) in [5, 5.41) is 7.24. The molecule has 5 heteroatoms. The molecular formula is C15H23N3O2. The highest BCUT2D eigenvalue weighted by atomic mass is 16.5. The second-order valence-electron chi connectivity index (χ2n) is 6.26. The average molecular weight is 277 g/mol. The van der Waals surface area contributed by atoms with E-state index in [1.807, 2.05) is 13.8 Å². The molecule has 110 valence electrons. The molecular weight excluding hydrogens is 254 g/mol. The zero-order valence-corrected chi connectivity index (χ0v) is 12.4. The standard InChI is InChI=1S/C15H23N3O2/c1-11-13(12(2)20-17-11)10-18-8-3-5-15(7-9-18)6-4-14(19)16-15/h3-10H2,1-2H3,(H,16,19)/t15-/m1/s1. The number of rotatable bonds is 2. The SMILES string of the molecule is Cc1noc(C)c1CN1CCC[C@@]2(CCC(=O)N2)CC1. The van der Waals surface area contributed by atoms with Crippen LogP contribution in [0.4, 0.5) is 0 Å². The van der Waals surface area contributed by atoms with Crippen LogP contribution < -0.4 is 5.32 Å². The van der Waals surface area contributed by atoms with Crippen LogP contribution in [-0.4, -0.2) is 34.6 Å². The molecule has 2 aliphatic rings. The van der Waals surface area contributed by atoms with Crippen LogP contribution in [0.3, 0.4) is 0 Å². The van der Waals surface area contributed by atoms with Crippen LogP contribution in [0.1, 0.15) is 49.1 Å². The summed E-state index contributed by atoms with van der Waals surface area (Å²) >= 11 is 0. The third kappa shape index (κ3) is 2.59. The van der Waals surface area contributed by atoms with E-state index in [2.05, 4.69) is 15.4 Å². The Labute approximate surface area is 119 Å². The van der Waals surface area contributed by atoms with Crippen LogP contribution in [0, 0.1) is 13.8 Å². The maximum absolute atomic E-state index is 11.5. The maximum atomic E-state index is 11.5. The summed E-state index contributed by atoms with van der Waals surface area (Å²) in [6.07, 6.45) is 5.01. The molecule has 0 aromatic carbocycles. The van der Waals surface area contributed by atoms with Crippen molar-refractivity contribution in [1.29, 1.82) is 0 Å². The first-order chi connectivity index (χ1) is 9.58. The van der Waals surface area contributed by atoms with Gasteiger partial charge in [0.15, 0.2) is 0 Å². The molecule has 0 aliphatic carbocycles. The molecule has 2 saturated heterocycles. The average Bonchev–Trinajstić information content (AvgIpc) is 2.85. The molecule has 2 fully saturated rings. The van der Waals surface area contributed by atoms with Gasteiger partial charge in [0.2, 0.25) is 5.91 Å². The highest BCUT2D eigenvalue weighted by Crippen LogP contribution is 2.32. The first-order valence-electron chi connectivity index (χ1n) is 7.53. The molecule has 1 amide bonds. The van der Waals surface area contributed by atoms with E-state index in [0.717, 1.165) is 56.8 Å². The minimum absolute atomic E-state index is 0.0740. The molecule has 0 radical (unpaired) electrons. The molecule has 1 atom stereocenters. The van der Waals surface area contributed by atoms with Crippen LogP contribution in [-0.2, 0) is 11.3 Å². The molecule has 5 nitrogen and oxygen atoms in total. The minimum Gasteiger partial charge on any atom is -0.361 e. The number of nitrogens with zero attached hydrogens (tertiary/aromatic N) is 2. The number of carbonyl (C=O) groups excluding carboxylic acids is 1. The zero-order chi connectivity index (χ0) is 14.2. The first-order valence-corrected chi connectivity index (χ1v) is 7.53. The van der Waals surface area contributed by atoms with Gasteiger partial charge in [-0.15, -0.1) is 0 Å². The van der Waals surface area contributed by atoms with E-state index in [-0.39, 0.29) is 11.4 Å². The Morgan fingerprint density at radius 2 is 2.15 bits per heavy atom. The van der Waals surface area contributed by atoms with E-state index in [9.17, 15) is 4.79 Å². The predicted molar refractivity (Wildman–Crippen MR) is 75.2 cm³/mol. The topological polar surface area (TPSA) is 58.4 Å². The van der Waals surface area contributed by atoms with Crippen LogP contribution in [0.15, 0.2) is 4.52 Å². The van der Waals surface area contributed by atoms with Gasteiger partial charge in [-0.2, -0.15) is 0 Å². The van der Waals surface area contributed by atoms with E-state index in [0.29, 0.717) is 6.42 Å². The second-order valence-corrected chi connectivity index (χ2v) is 6.26. The lowest BCUT2D eigenvalue weighted by Gasteiger charge is -2.27. The van der Waals surface area contributed by atoms with Crippen molar-refractivity contribution in [2.24, 2.45) is 0 Å². The summed E-state index contributed by atoms with van der Waals surface area (Å²) in [4.78, 5) is 14.0. The highest BCUT2D eigenvalue weighted by Gasteiger charge is 2.38. The van der Waals surface area contributed by atoms with Crippen molar-refractivity contribution >= 4 is 5.91 Å². The minimum atomic E-state index is 0.0740. The molecule has 1 N–H and O–H groups in total. The number of hydrogen-bond donors (Lipinski definition) is 1. The fourth-order valence-electron chi connectivity index (χ4n) is 3.51. The Kier molecular flexibility index (Phi) is 3.54. The third-order valence-corrected chi connectivity index (χ3v) is 4.83. The molecule has 0 bridgehead atoms. The number of aromatic nitrogens is 1. The van der Waals surface area contributed by atoms with Crippen molar-refractivity contribution in [3.8, 4) is 0 Å². The smallest absolute Gasteiger partial charge is 0.220 e. The molecule has 1 aromatic heterocycles. The molecule has 1 aromatic rings. The number of aryl methyl sites for hydroxylation is 2. The molecule has 2 aliphatic heterocycles. The maximum Gasteiger partial charge on any atom is 0.220 e. The highest BCUT2D eigenvalue weighted by molar-refractivity contribution is 5.79. The largest absolute Gasteiger partial charge is 0.361 e. The monoisotopic (exact) mass is 277 g/mol. The van der Waals surface area contributed by atoms with Crippen molar-refractivity contribution in [2.75, 3.05) is 13.1 Å². The van der Waals surface area contributed by atoms with Crippen molar-refractivity contribution in [3.63, 3.8) is 0 Å². The van der Waals surface area contributed by atoms with Crippen molar-refractivity contribution in [2.45, 2.75) is 58.0 Å². The Bertz CT molecular complexity index is 492. The number of hydrogen-bond acceptors (Lipinski definition) is 4. The van der Waals surface area contributed by atoms with Gasteiger partial charge < -0.3 is 9.84 Å². The van der Waals surface area contributed by atoms with Crippen molar-refractivity contribution in [1.82, 2.24) is 15.4 Å². The van der Waals surface area contributed by atoms with Gasteiger partial charge in [0.05, 0.1) is 5.69 Å². The number of nitrogens with one attached hydrogen (secondary N) is 1. The summed E-state index contributed by atoms with van der Waals surface area (Å²) < 4.78 is 5.24. The van der Waals surface area contributed by atoms with E-state index in [1.54, 1.807) is 0 Å². The van der Waals surface area contributed by atoms with Gasteiger partial charge in [0.25, 0.3) is 0 Å². The van der Waals surface area contributed by atoms with Crippen molar-refractivity contribution in [3.05, 3.63) is 17.0 Å². The summed E-state index contributed by atoms with van der Waals surface area (Å²) in [7, 11) is 0. The van der Waals surface area contributed by atoms with Gasteiger partial charge in [-0.3, -0.25) is 9.69 Å². The predicted octanol–water partition coefficient (Wildman–Crippen LogP) is 1.93. The molecule has 0 saturated carbocycles. The quantitative estimate of drug-likeness (QED) is 0.897. The lowest BCUT2D eigenvalue weighted by atomic mass is 9.89. The molecule has 0 unspecified atom stereocenters. The molecule has 20 heavy (non-hydrogen) atoms. The van der Waals surface area contributed by atoms with Crippen LogP contribution in [0.25, 0.3) is 0 Å². The normalized spacial score (nSPS) is 27.8. The van der Waals surface area contributed by atoms with E-state index in [4.69, 9.17) is 4.52 Å². The molecule has 1 spiro atoms. The molecule has 3 heterocycles. The van der Waals surface area contributed by atoms with E-state index >= 15 is 0 Å². The van der Waals surface area contributed by atoms with Crippen molar-refractivity contribution < 1.29 is 9.32 Å². The summed E-state index contributed by atoms with van der Waals surface area (Å²) in [5.41, 5.74) is 2.29. The Morgan fingerprint density at radius 3 is 2.80 bits per heavy atom. The first kappa shape index (κ1) is 13.6. The summed E-state index contributed by atoms with van der Waals surface area (Å²) in [6, 6.07) is 0. The fourth-order valence-corrected chi connectivity index (χ4v) is 3.51. The Morgan fingerprint density at radius 1 is 1.30 bits per heavy atom. The lowest BCUT2D eigenvalue weighted by molar-refractivity contribution is -0.119. The number of carbonyl (C=O) groups is 1. The summed E-state index contributed by atoms with van der Waals surface area (Å²) in [6.45, 7) is 7.01. The lowest BCUT2D eigenvalue weighted by Crippen LogP contribution is -2.42. The summed E-state index contributed by atoms with van der Waals surface area (Å²) in [5.74, 6) is 1.15. The Balaban J connectivity index is 1.65. The third-order valence-electron chi connectivity index (χ3n) is 4.83. The molecule has 3 rings (SSSR count). The fraction of sp³-hybridized carbons (Fsp3) is 0.733. The van der Waals surface area contributed by atoms with E-state index in [1.165, 1.54) is 5.56 Å². The number of amides is 1. The second kappa shape index (κ2) is 5.20. The van der Waals surface area contributed by atoms with Crippen LogP contribution in [0.2, 0.25) is 0 Å². The number of likely N-dealkylation sites (tertiary alicyclic amines) is 1. The zero-order valence-electron chi connectivity index (χ0n) is 12.4. The van der Waals surface area contributed by atoms with Crippen LogP contribution >= 0.6 is 0 Å². The van der Waals surface area contributed by atoms with Gasteiger partial charge in [0, 0.05) is 30.6 Å².